The number of rotatable bonds is 9. The minimum Gasteiger partial charge on any atom is -0.460 e. The van der Waals surface area contributed by atoms with Crippen LogP contribution < -0.4 is 10.6 Å². The van der Waals surface area contributed by atoms with E-state index in [2.05, 4.69) is 10.6 Å². The van der Waals surface area contributed by atoms with E-state index in [-0.39, 0.29) is 18.9 Å². The zero-order valence-corrected chi connectivity index (χ0v) is 17.6. The number of ether oxygens (including phenoxy) is 2. The molecule has 160 valence electrons. The van der Waals surface area contributed by atoms with Crippen LogP contribution in [0.15, 0.2) is 30.3 Å². The van der Waals surface area contributed by atoms with Crippen LogP contribution in [0.5, 0.6) is 0 Å². The van der Waals surface area contributed by atoms with Crippen LogP contribution in [0.3, 0.4) is 0 Å². The van der Waals surface area contributed by atoms with E-state index in [4.69, 9.17) is 9.47 Å². The smallest absolute Gasteiger partial charge is 0.408 e. The van der Waals surface area contributed by atoms with Crippen molar-refractivity contribution >= 4 is 24.3 Å². The molecule has 0 saturated heterocycles. The summed E-state index contributed by atoms with van der Waals surface area (Å²) >= 11 is 0. The van der Waals surface area contributed by atoms with E-state index >= 15 is 0 Å². The van der Waals surface area contributed by atoms with Gasteiger partial charge in [-0.15, -0.1) is 0 Å². The highest BCUT2D eigenvalue weighted by atomic mass is 16.6. The van der Waals surface area contributed by atoms with Crippen LogP contribution in [0.4, 0.5) is 4.79 Å². The molecule has 29 heavy (non-hydrogen) atoms. The van der Waals surface area contributed by atoms with Gasteiger partial charge in [0.25, 0.3) is 0 Å². The van der Waals surface area contributed by atoms with Crippen LogP contribution in [0.1, 0.15) is 46.6 Å². The number of amides is 2. The third-order valence-corrected chi connectivity index (χ3v) is 3.73. The average Bonchev–Trinajstić information content (AvgIpc) is 2.62. The predicted molar refractivity (Wildman–Crippen MR) is 107 cm³/mol. The number of carbonyl (C=O) groups excluding carboxylic acids is 4. The number of hydrogen-bond acceptors (Lipinski definition) is 6. The summed E-state index contributed by atoms with van der Waals surface area (Å²) < 4.78 is 10.3. The molecule has 1 aromatic carbocycles. The molecule has 0 bridgehead atoms. The van der Waals surface area contributed by atoms with Gasteiger partial charge in [0.1, 0.15) is 24.5 Å². The molecule has 0 fully saturated rings. The van der Waals surface area contributed by atoms with Gasteiger partial charge in [0.15, 0.2) is 0 Å². The van der Waals surface area contributed by atoms with Crippen molar-refractivity contribution in [2.24, 2.45) is 5.92 Å². The second-order valence-electron chi connectivity index (χ2n) is 7.97. The van der Waals surface area contributed by atoms with Crippen LogP contribution in [0.25, 0.3) is 0 Å². The Balaban J connectivity index is 2.62. The van der Waals surface area contributed by atoms with E-state index in [1.165, 1.54) is 0 Å². The molecule has 0 spiro atoms. The van der Waals surface area contributed by atoms with Crippen LogP contribution in [0, 0.1) is 5.92 Å². The molecule has 0 heterocycles. The van der Waals surface area contributed by atoms with E-state index < -0.39 is 35.7 Å². The van der Waals surface area contributed by atoms with Gasteiger partial charge in [-0.1, -0.05) is 44.2 Å². The van der Waals surface area contributed by atoms with Gasteiger partial charge in [0, 0.05) is 0 Å². The molecule has 0 aliphatic carbocycles. The molecule has 0 aromatic heterocycles. The van der Waals surface area contributed by atoms with Crippen molar-refractivity contribution in [3.8, 4) is 0 Å². The summed E-state index contributed by atoms with van der Waals surface area (Å²) in [5, 5.41) is 4.97. The van der Waals surface area contributed by atoms with Gasteiger partial charge in [0.05, 0.1) is 12.5 Å². The molecule has 0 radical (unpaired) electrons. The molecular weight excluding hydrogens is 376 g/mol. The van der Waals surface area contributed by atoms with Crippen molar-refractivity contribution in [2.45, 2.75) is 65.3 Å². The van der Waals surface area contributed by atoms with E-state index in [1.807, 2.05) is 30.3 Å². The fourth-order valence-corrected chi connectivity index (χ4v) is 2.40. The Morgan fingerprint density at radius 2 is 1.69 bits per heavy atom. The lowest BCUT2D eigenvalue weighted by Crippen LogP contribution is -2.53. The SMILES string of the molecule is CC(C)[C@H](NC(=O)OCc1ccccc1)C(=O)N[C@H](C=O)CC(=O)OC(C)(C)C. The van der Waals surface area contributed by atoms with Crippen molar-refractivity contribution in [3.05, 3.63) is 35.9 Å². The highest BCUT2D eigenvalue weighted by Crippen LogP contribution is 2.10. The number of alkyl carbamates (subject to hydrolysis) is 1. The molecule has 8 heteroatoms. The standard InChI is InChI=1S/C21H30N2O6/c1-14(2)18(23-20(27)28-13-15-9-7-6-8-10-15)19(26)22-16(12-24)11-17(25)29-21(3,4)5/h6-10,12,14,16,18H,11,13H2,1-5H3,(H,22,26)(H,23,27)/t16-,18-/m0/s1. The first kappa shape index (κ1) is 24.1. The molecule has 0 aliphatic heterocycles. The molecule has 0 aliphatic rings. The lowest BCUT2D eigenvalue weighted by atomic mass is 10.0. The lowest BCUT2D eigenvalue weighted by Gasteiger charge is -2.24. The number of esters is 1. The Morgan fingerprint density at radius 3 is 2.21 bits per heavy atom. The molecule has 2 atom stereocenters. The second-order valence-corrected chi connectivity index (χ2v) is 7.97. The predicted octanol–water partition coefficient (Wildman–Crippen LogP) is 2.35. The van der Waals surface area contributed by atoms with Crippen LogP contribution in [-0.2, 0) is 30.5 Å². The molecule has 0 unspecified atom stereocenters. The Kier molecular flexibility index (Phi) is 9.31. The fraction of sp³-hybridized carbons (Fsp3) is 0.524. The summed E-state index contributed by atoms with van der Waals surface area (Å²) in [6, 6.07) is 7.14. The Bertz CT molecular complexity index is 697. The van der Waals surface area contributed by atoms with Crippen molar-refractivity contribution in [1.29, 1.82) is 0 Å². The van der Waals surface area contributed by atoms with Crippen LogP contribution >= 0.6 is 0 Å². The number of benzene rings is 1. The first-order chi connectivity index (χ1) is 13.5. The van der Waals surface area contributed by atoms with Gasteiger partial charge in [-0.3, -0.25) is 9.59 Å². The van der Waals surface area contributed by atoms with E-state index in [1.54, 1.807) is 34.6 Å². The average molecular weight is 406 g/mol. The molecule has 2 amide bonds. The van der Waals surface area contributed by atoms with Crippen molar-refractivity contribution < 1.29 is 28.7 Å². The number of nitrogens with one attached hydrogen (secondary N) is 2. The van der Waals surface area contributed by atoms with E-state index in [0.717, 1.165) is 5.56 Å². The maximum Gasteiger partial charge on any atom is 0.408 e. The minimum atomic E-state index is -1.05. The summed E-state index contributed by atoms with van der Waals surface area (Å²) in [5.74, 6) is -1.46. The van der Waals surface area contributed by atoms with Crippen molar-refractivity contribution in [2.75, 3.05) is 0 Å². The molecular formula is C21H30N2O6. The number of hydrogen-bond donors (Lipinski definition) is 2. The summed E-state index contributed by atoms with van der Waals surface area (Å²) in [6.45, 7) is 8.67. The molecule has 8 nitrogen and oxygen atoms in total. The molecule has 1 aromatic rings. The van der Waals surface area contributed by atoms with Gasteiger partial charge in [0.2, 0.25) is 5.91 Å². The molecule has 1 rings (SSSR count). The largest absolute Gasteiger partial charge is 0.460 e. The fourth-order valence-electron chi connectivity index (χ4n) is 2.40. The van der Waals surface area contributed by atoms with Crippen LogP contribution in [0.2, 0.25) is 0 Å². The Labute approximate surface area is 171 Å². The number of aldehydes is 1. The zero-order valence-electron chi connectivity index (χ0n) is 17.6. The first-order valence-corrected chi connectivity index (χ1v) is 9.46. The Hall–Kier alpha value is -2.90. The van der Waals surface area contributed by atoms with Gasteiger partial charge in [-0.2, -0.15) is 0 Å². The van der Waals surface area contributed by atoms with Gasteiger partial charge >= 0.3 is 12.1 Å². The van der Waals surface area contributed by atoms with Gasteiger partial charge in [-0.25, -0.2) is 4.79 Å². The van der Waals surface area contributed by atoms with E-state index in [9.17, 15) is 19.2 Å². The van der Waals surface area contributed by atoms with Gasteiger partial charge in [-0.05, 0) is 32.3 Å². The number of carbonyl (C=O) groups is 4. The Morgan fingerprint density at radius 1 is 1.07 bits per heavy atom. The summed E-state index contributed by atoms with van der Waals surface area (Å²) in [4.78, 5) is 47.8. The monoisotopic (exact) mass is 406 g/mol. The summed E-state index contributed by atoms with van der Waals surface area (Å²) in [6.07, 6.45) is -0.583. The topological polar surface area (TPSA) is 111 Å². The normalized spacial score (nSPS) is 13.2. The first-order valence-electron chi connectivity index (χ1n) is 9.46. The van der Waals surface area contributed by atoms with Crippen molar-refractivity contribution in [1.82, 2.24) is 10.6 Å². The maximum atomic E-state index is 12.5. The van der Waals surface area contributed by atoms with Crippen LogP contribution in [-0.4, -0.2) is 41.9 Å². The maximum absolute atomic E-state index is 12.5. The highest BCUT2D eigenvalue weighted by Gasteiger charge is 2.28. The third kappa shape index (κ3) is 9.73. The molecule has 2 N–H and O–H groups in total. The second kappa shape index (κ2) is 11.2. The third-order valence-electron chi connectivity index (χ3n) is 3.73. The minimum absolute atomic E-state index is 0.0642. The lowest BCUT2D eigenvalue weighted by molar-refractivity contribution is -0.156. The zero-order chi connectivity index (χ0) is 22.0. The summed E-state index contributed by atoms with van der Waals surface area (Å²) in [5.41, 5.74) is 0.116. The van der Waals surface area contributed by atoms with E-state index in [0.29, 0.717) is 6.29 Å². The quantitative estimate of drug-likeness (QED) is 0.481. The molecule has 0 saturated carbocycles. The van der Waals surface area contributed by atoms with Crippen molar-refractivity contribution in [3.63, 3.8) is 0 Å². The highest BCUT2D eigenvalue weighted by molar-refractivity contribution is 5.89. The van der Waals surface area contributed by atoms with Gasteiger partial charge < -0.3 is 24.9 Å². The summed E-state index contributed by atoms with van der Waals surface area (Å²) in [7, 11) is 0.